The van der Waals surface area contributed by atoms with Crippen LogP contribution in [0.5, 0.6) is 11.5 Å². The Bertz CT molecular complexity index is 875. The van der Waals surface area contributed by atoms with Crippen LogP contribution in [0.15, 0.2) is 42.5 Å². The molecule has 1 heterocycles. The van der Waals surface area contributed by atoms with Crippen LogP contribution in [0.4, 0.5) is 19.3 Å². The fourth-order valence-corrected chi connectivity index (χ4v) is 3.34. The van der Waals surface area contributed by atoms with Crippen LogP contribution in [0.1, 0.15) is 18.9 Å². The Kier molecular flexibility index (Phi) is 3.73. The summed E-state index contributed by atoms with van der Waals surface area (Å²) in [6, 6.07) is 11.0. The highest BCUT2D eigenvalue weighted by molar-refractivity contribution is 6.30. The van der Waals surface area contributed by atoms with E-state index in [1.54, 1.807) is 12.1 Å². The van der Waals surface area contributed by atoms with Gasteiger partial charge in [0.15, 0.2) is 11.5 Å². The minimum atomic E-state index is -3.69. The molecule has 1 aliphatic carbocycles. The number of urea groups is 1. The number of rotatable bonds is 3. The number of nitrogens with one attached hydrogen (secondary N) is 2. The van der Waals surface area contributed by atoms with E-state index >= 15 is 0 Å². The molecule has 2 amide bonds. The van der Waals surface area contributed by atoms with Crippen LogP contribution in [-0.2, 0) is 5.54 Å². The maximum Gasteiger partial charge on any atom is 0.586 e. The third-order valence-corrected chi connectivity index (χ3v) is 4.92. The zero-order valence-corrected chi connectivity index (χ0v) is 14.4. The Hall–Kier alpha value is -2.54. The van der Waals surface area contributed by atoms with Crippen molar-refractivity contribution in [2.75, 3.05) is 5.32 Å². The third kappa shape index (κ3) is 3.03. The standard InChI is InChI=1S/C18H15ClF2N2O3/c1-10-9-17(10,11-2-4-12(19)5-3-11)23-16(24)22-13-6-7-14-15(8-13)26-18(20,21)25-14/h2-8,10H,9H2,1H3,(H2,22,23,24). The lowest BCUT2D eigenvalue weighted by Gasteiger charge is -2.20. The second-order valence-electron chi connectivity index (χ2n) is 6.49. The molecule has 4 rings (SSSR count). The summed E-state index contributed by atoms with van der Waals surface area (Å²) in [5.74, 6) is 0.0688. The van der Waals surface area contributed by atoms with Gasteiger partial charge in [0.1, 0.15) is 0 Å². The van der Waals surface area contributed by atoms with Gasteiger partial charge in [-0.2, -0.15) is 0 Å². The molecule has 1 fully saturated rings. The third-order valence-electron chi connectivity index (χ3n) is 4.66. The van der Waals surface area contributed by atoms with E-state index in [1.807, 2.05) is 19.1 Å². The molecule has 8 heteroatoms. The molecule has 1 saturated carbocycles. The summed E-state index contributed by atoms with van der Waals surface area (Å²) in [6.45, 7) is 2.04. The summed E-state index contributed by atoms with van der Waals surface area (Å²) in [5.41, 5.74) is 0.829. The van der Waals surface area contributed by atoms with E-state index in [2.05, 4.69) is 20.1 Å². The molecule has 2 aromatic carbocycles. The lowest BCUT2D eigenvalue weighted by molar-refractivity contribution is -0.286. The molecule has 2 N–H and O–H groups in total. The molecule has 136 valence electrons. The van der Waals surface area contributed by atoms with Crippen molar-refractivity contribution in [1.82, 2.24) is 5.32 Å². The molecule has 5 nitrogen and oxygen atoms in total. The van der Waals surface area contributed by atoms with Crippen LogP contribution in [-0.4, -0.2) is 12.3 Å². The molecule has 0 aromatic heterocycles. The first-order valence-corrected chi connectivity index (χ1v) is 8.40. The zero-order chi connectivity index (χ0) is 18.5. The molecular weight excluding hydrogens is 366 g/mol. The predicted molar refractivity (Wildman–Crippen MR) is 91.7 cm³/mol. The lowest BCUT2D eigenvalue weighted by atomic mass is 10.0. The van der Waals surface area contributed by atoms with Crippen molar-refractivity contribution in [2.24, 2.45) is 5.92 Å². The number of halogens is 3. The fourth-order valence-electron chi connectivity index (χ4n) is 3.21. The number of carbonyl (C=O) groups is 1. The van der Waals surface area contributed by atoms with Gasteiger partial charge in [0.2, 0.25) is 0 Å². The van der Waals surface area contributed by atoms with Crippen LogP contribution in [0, 0.1) is 5.92 Å². The Morgan fingerprint density at radius 1 is 1.15 bits per heavy atom. The van der Waals surface area contributed by atoms with Gasteiger partial charge in [-0.1, -0.05) is 30.7 Å². The van der Waals surface area contributed by atoms with E-state index < -0.39 is 17.9 Å². The first-order chi connectivity index (χ1) is 12.3. The Morgan fingerprint density at radius 2 is 1.81 bits per heavy atom. The first-order valence-electron chi connectivity index (χ1n) is 8.02. The summed E-state index contributed by atoms with van der Waals surface area (Å²) >= 11 is 5.92. The fraction of sp³-hybridized carbons (Fsp3) is 0.278. The smallest absolute Gasteiger partial charge is 0.395 e. The van der Waals surface area contributed by atoms with Gasteiger partial charge < -0.3 is 20.1 Å². The number of benzene rings is 2. The van der Waals surface area contributed by atoms with E-state index in [0.717, 1.165) is 12.0 Å². The highest BCUT2D eigenvalue weighted by atomic mass is 35.5. The minimum absolute atomic E-state index is 0.0746. The molecule has 0 radical (unpaired) electrons. The van der Waals surface area contributed by atoms with Gasteiger partial charge in [-0.3, -0.25) is 0 Å². The predicted octanol–water partition coefficient (Wildman–Crippen LogP) is 4.72. The van der Waals surface area contributed by atoms with Gasteiger partial charge >= 0.3 is 12.3 Å². The molecular formula is C18H15ClF2N2O3. The highest BCUT2D eigenvalue weighted by Gasteiger charge is 2.53. The van der Waals surface area contributed by atoms with E-state index in [0.29, 0.717) is 10.7 Å². The van der Waals surface area contributed by atoms with Gasteiger partial charge in [-0.15, -0.1) is 8.78 Å². The summed E-state index contributed by atoms with van der Waals surface area (Å²) < 4.78 is 34.9. The Labute approximate surface area is 153 Å². The summed E-state index contributed by atoms with van der Waals surface area (Å²) in [6.07, 6.45) is -2.89. The average Bonchev–Trinajstić information content (AvgIpc) is 3.08. The summed E-state index contributed by atoms with van der Waals surface area (Å²) in [5, 5.41) is 6.24. The van der Waals surface area contributed by atoms with Crippen LogP contribution in [0.3, 0.4) is 0 Å². The maximum absolute atomic E-state index is 13.1. The molecule has 2 aromatic rings. The van der Waals surface area contributed by atoms with E-state index in [1.165, 1.54) is 18.2 Å². The van der Waals surface area contributed by atoms with Crippen LogP contribution in [0.2, 0.25) is 5.02 Å². The lowest BCUT2D eigenvalue weighted by Crippen LogP contribution is -2.39. The first kappa shape index (κ1) is 16.9. The molecule has 0 spiro atoms. The molecule has 2 aliphatic rings. The Balaban J connectivity index is 1.47. The number of carbonyl (C=O) groups excluding carboxylic acids is 1. The van der Waals surface area contributed by atoms with Crippen molar-refractivity contribution < 1.29 is 23.0 Å². The Morgan fingerprint density at radius 3 is 2.46 bits per heavy atom. The maximum atomic E-state index is 13.1. The number of fused-ring (bicyclic) bond motifs is 1. The highest BCUT2D eigenvalue weighted by Crippen LogP contribution is 2.51. The van der Waals surface area contributed by atoms with Gasteiger partial charge in [0.05, 0.1) is 5.54 Å². The second kappa shape index (κ2) is 5.74. The van der Waals surface area contributed by atoms with Gasteiger partial charge in [-0.25, -0.2) is 4.79 Å². The van der Waals surface area contributed by atoms with Crippen molar-refractivity contribution in [3.63, 3.8) is 0 Å². The minimum Gasteiger partial charge on any atom is -0.395 e. The van der Waals surface area contributed by atoms with Crippen LogP contribution >= 0.6 is 11.6 Å². The molecule has 2 unspecified atom stereocenters. The van der Waals surface area contributed by atoms with Crippen LogP contribution in [0.25, 0.3) is 0 Å². The second-order valence-corrected chi connectivity index (χ2v) is 6.93. The van der Waals surface area contributed by atoms with E-state index in [-0.39, 0.29) is 17.4 Å². The van der Waals surface area contributed by atoms with Crippen molar-refractivity contribution in [1.29, 1.82) is 0 Å². The number of amides is 2. The zero-order valence-electron chi connectivity index (χ0n) is 13.7. The number of ether oxygens (including phenoxy) is 2. The van der Waals surface area contributed by atoms with Crippen molar-refractivity contribution in [3.8, 4) is 11.5 Å². The van der Waals surface area contributed by atoms with Gasteiger partial charge in [0.25, 0.3) is 0 Å². The molecule has 0 saturated heterocycles. The van der Waals surface area contributed by atoms with Crippen molar-refractivity contribution in [3.05, 3.63) is 53.1 Å². The van der Waals surface area contributed by atoms with Crippen molar-refractivity contribution in [2.45, 2.75) is 25.2 Å². The number of alkyl halides is 2. The van der Waals surface area contributed by atoms with E-state index in [4.69, 9.17) is 11.6 Å². The number of hydrogen-bond donors (Lipinski definition) is 2. The molecule has 2 atom stereocenters. The quantitative estimate of drug-likeness (QED) is 0.810. The average molecular weight is 381 g/mol. The monoisotopic (exact) mass is 380 g/mol. The van der Waals surface area contributed by atoms with E-state index in [9.17, 15) is 13.6 Å². The van der Waals surface area contributed by atoms with Crippen molar-refractivity contribution >= 4 is 23.3 Å². The normalized spacial score (nSPS) is 24.8. The molecule has 26 heavy (non-hydrogen) atoms. The SMILES string of the molecule is CC1CC1(NC(=O)Nc1ccc2c(c1)OC(F)(F)O2)c1ccc(Cl)cc1. The number of anilines is 1. The number of hydrogen-bond acceptors (Lipinski definition) is 3. The summed E-state index contributed by atoms with van der Waals surface area (Å²) in [4.78, 5) is 12.4. The van der Waals surface area contributed by atoms with Gasteiger partial charge in [-0.05, 0) is 42.2 Å². The largest absolute Gasteiger partial charge is 0.586 e. The molecule has 0 bridgehead atoms. The topological polar surface area (TPSA) is 59.6 Å². The summed E-state index contributed by atoms with van der Waals surface area (Å²) in [7, 11) is 0. The van der Waals surface area contributed by atoms with Crippen LogP contribution < -0.4 is 20.1 Å². The van der Waals surface area contributed by atoms with Gasteiger partial charge in [0, 0.05) is 16.8 Å². The molecule has 1 aliphatic heterocycles.